The molecule has 2 aliphatic rings. The van der Waals surface area contributed by atoms with Crippen molar-refractivity contribution >= 4 is 17.5 Å². The van der Waals surface area contributed by atoms with Gasteiger partial charge in [-0.2, -0.15) is 0 Å². The van der Waals surface area contributed by atoms with Crippen molar-refractivity contribution in [3.05, 3.63) is 59.2 Å². The van der Waals surface area contributed by atoms with Crippen LogP contribution in [0.5, 0.6) is 5.75 Å². The fourth-order valence-electron chi connectivity index (χ4n) is 3.80. The van der Waals surface area contributed by atoms with Gasteiger partial charge in [0.15, 0.2) is 6.61 Å². The van der Waals surface area contributed by atoms with E-state index in [9.17, 15) is 18.4 Å². The predicted molar refractivity (Wildman–Crippen MR) is 99.3 cm³/mol. The van der Waals surface area contributed by atoms with Crippen LogP contribution in [0.25, 0.3) is 0 Å². The molecule has 7 heteroatoms. The van der Waals surface area contributed by atoms with Gasteiger partial charge in [0.25, 0.3) is 11.8 Å². The van der Waals surface area contributed by atoms with E-state index in [1.807, 2.05) is 0 Å². The van der Waals surface area contributed by atoms with Crippen LogP contribution in [0.15, 0.2) is 36.4 Å². The average molecular weight is 386 g/mol. The Kier molecular flexibility index (Phi) is 4.98. The molecule has 1 saturated heterocycles. The van der Waals surface area contributed by atoms with E-state index in [0.29, 0.717) is 42.1 Å². The van der Waals surface area contributed by atoms with Crippen molar-refractivity contribution in [1.82, 2.24) is 4.90 Å². The third kappa shape index (κ3) is 3.98. The molecule has 146 valence electrons. The lowest BCUT2D eigenvalue weighted by Crippen LogP contribution is -2.39. The molecule has 2 aliphatic heterocycles. The zero-order chi connectivity index (χ0) is 19.7. The van der Waals surface area contributed by atoms with Gasteiger partial charge < -0.3 is 15.0 Å². The summed E-state index contributed by atoms with van der Waals surface area (Å²) in [5.74, 6) is -0.639. The molecule has 1 fully saturated rings. The predicted octanol–water partition coefficient (Wildman–Crippen LogP) is 3.39. The van der Waals surface area contributed by atoms with E-state index in [0.717, 1.165) is 18.9 Å². The van der Waals surface area contributed by atoms with Crippen LogP contribution in [0.3, 0.4) is 0 Å². The zero-order valence-electron chi connectivity index (χ0n) is 15.2. The molecule has 2 aromatic rings. The topological polar surface area (TPSA) is 58.6 Å². The van der Waals surface area contributed by atoms with E-state index in [2.05, 4.69) is 5.32 Å². The number of piperidine rings is 1. The van der Waals surface area contributed by atoms with Crippen molar-refractivity contribution < 1.29 is 23.1 Å². The molecule has 4 rings (SSSR count). The van der Waals surface area contributed by atoms with E-state index in [4.69, 9.17) is 4.74 Å². The molecule has 0 unspecified atom stereocenters. The summed E-state index contributed by atoms with van der Waals surface area (Å²) in [6.07, 6.45) is 2.14. The zero-order valence-corrected chi connectivity index (χ0v) is 15.2. The number of halogens is 2. The SMILES string of the molecule is O=C1COc2ccc(C(=O)N3CCC(Cc4cc(F)cc(F)c4)CC3)cc2N1. The summed E-state index contributed by atoms with van der Waals surface area (Å²) >= 11 is 0. The van der Waals surface area contributed by atoms with Crippen LogP contribution >= 0.6 is 0 Å². The Hall–Kier alpha value is -2.96. The number of nitrogens with one attached hydrogen (secondary N) is 1. The van der Waals surface area contributed by atoms with Crippen molar-refractivity contribution in [2.24, 2.45) is 5.92 Å². The summed E-state index contributed by atoms with van der Waals surface area (Å²) in [5, 5.41) is 2.71. The van der Waals surface area contributed by atoms with Crippen LogP contribution in [0.4, 0.5) is 14.5 Å². The van der Waals surface area contributed by atoms with Crippen LogP contribution in [0.2, 0.25) is 0 Å². The number of carbonyl (C=O) groups is 2. The third-order valence-electron chi connectivity index (χ3n) is 5.21. The minimum Gasteiger partial charge on any atom is -0.482 e. The highest BCUT2D eigenvalue weighted by Crippen LogP contribution is 2.30. The number of anilines is 1. The van der Waals surface area contributed by atoms with E-state index < -0.39 is 11.6 Å². The summed E-state index contributed by atoms with van der Waals surface area (Å²) < 4.78 is 32.0. The number of hydrogen-bond donors (Lipinski definition) is 1. The molecule has 2 amide bonds. The highest BCUT2D eigenvalue weighted by atomic mass is 19.1. The van der Waals surface area contributed by atoms with Gasteiger partial charge in [-0.3, -0.25) is 9.59 Å². The van der Waals surface area contributed by atoms with Crippen LogP contribution < -0.4 is 10.1 Å². The Bertz CT molecular complexity index is 904. The van der Waals surface area contributed by atoms with Gasteiger partial charge in [-0.15, -0.1) is 0 Å². The van der Waals surface area contributed by atoms with E-state index in [1.54, 1.807) is 23.1 Å². The minimum absolute atomic E-state index is 0.0248. The second kappa shape index (κ2) is 7.58. The molecule has 0 saturated carbocycles. The smallest absolute Gasteiger partial charge is 0.262 e. The Balaban J connectivity index is 1.37. The molecule has 0 radical (unpaired) electrons. The standard InChI is InChI=1S/C21H20F2N2O3/c22-16-8-14(9-17(23)11-16)7-13-3-5-25(6-4-13)21(27)15-1-2-19-18(10-15)24-20(26)12-28-19/h1-2,8-11,13H,3-7,12H2,(H,24,26). The lowest BCUT2D eigenvalue weighted by atomic mass is 9.90. The molecule has 2 heterocycles. The minimum atomic E-state index is -0.564. The first-order chi connectivity index (χ1) is 13.5. The second-order valence-electron chi connectivity index (χ2n) is 7.27. The van der Waals surface area contributed by atoms with Crippen LogP contribution in [0, 0.1) is 17.6 Å². The Morgan fingerprint density at radius 1 is 1.11 bits per heavy atom. The Morgan fingerprint density at radius 3 is 2.54 bits per heavy atom. The Morgan fingerprint density at radius 2 is 1.82 bits per heavy atom. The average Bonchev–Trinajstić information content (AvgIpc) is 2.66. The molecule has 0 aliphatic carbocycles. The first-order valence-corrected chi connectivity index (χ1v) is 9.29. The summed E-state index contributed by atoms with van der Waals surface area (Å²) in [4.78, 5) is 26.0. The number of rotatable bonds is 3. The van der Waals surface area contributed by atoms with E-state index >= 15 is 0 Å². The highest BCUT2D eigenvalue weighted by molar-refractivity contribution is 5.99. The molecule has 0 atom stereocenters. The monoisotopic (exact) mass is 386 g/mol. The maximum Gasteiger partial charge on any atom is 0.262 e. The molecule has 0 aromatic heterocycles. The summed E-state index contributed by atoms with van der Waals surface area (Å²) in [6, 6.07) is 8.62. The number of carbonyl (C=O) groups excluding carboxylic acids is 2. The quantitative estimate of drug-likeness (QED) is 0.880. The van der Waals surface area contributed by atoms with Crippen molar-refractivity contribution in [3.8, 4) is 5.75 Å². The number of benzene rings is 2. The first-order valence-electron chi connectivity index (χ1n) is 9.29. The van der Waals surface area contributed by atoms with Crippen molar-refractivity contribution in [2.75, 3.05) is 25.0 Å². The largest absolute Gasteiger partial charge is 0.482 e. The van der Waals surface area contributed by atoms with Gasteiger partial charge in [-0.05, 0) is 61.1 Å². The first kappa shape index (κ1) is 18.4. The van der Waals surface area contributed by atoms with Gasteiger partial charge in [0.2, 0.25) is 0 Å². The third-order valence-corrected chi connectivity index (χ3v) is 5.21. The molecule has 0 bridgehead atoms. The van der Waals surface area contributed by atoms with Gasteiger partial charge in [-0.25, -0.2) is 8.78 Å². The molecule has 1 N–H and O–H groups in total. The number of hydrogen-bond acceptors (Lipinski definition) is 3. The molecular formula is C21H20F2N2O3. The van der Waals surface area contributed by atoms with Crippen LogP contribution in [-0.4, -0.2) is 36.4 Å². The highest BCUT2D eigenvalue weighted by Gasteiger charge is 2.25. The fraction of sp³-hybridized carbons (Fsp3) is 0.333. The fourth-order valence-corrected chi connectivity index (χ4v) is 3.80. The number of likely N-dealkylation sites (tertiary alicyclic amines) is 1. The second-order valence-corrected chi connectivity index (χ2v) is 7.27. The lowest BCUT2D eigenvalue weighted by Gasteiger charge is -2.32. The number of ether oxygens (including phenoxy) is 1. The van der Waals surface area contributed by atoms with Gasteiger partial charge in [0.05, 0.1) is 5.69 Å². The Labute approximate surface area is 161 Å². The summed E-state index contributed by atoms with van der Waals surface area (Å²) in [6.45, 7) is 1.14. The van der Waals surface area contributed by atoms with Gasteiger partial charge in [-0.1, -0.05) is 0 Å². The lowest BCUT2D eigenvalue weighted by molar-refractivity contribution is -0.118. The van der Waals surface area contributed by atoms with E-state index in [1.165, 1.54) is 12.1 Å². The van der Waals surface area contributed by atoms with Crippen LogP contribution in [0.1, 0.15) is 28.8 Å². The summed E-state index contributed by atoms with van der Waals surface area (Å²) in [7, 11) is 0. The van der Waals surface area contributed by atoms with E-state index in [-0.39, 0.29) is 24.3 Å². The summed E-state index contributed by atoms with van der Waals surface area (Å²) in [5.41, 5.74) is 1.65. The molecule has 5 nitrogen and oxygen atoms in total. The van der Waals surface area contributed by atoms with Crippen molar-refractivity contribution in [1.29, 1.82) is 0 Å². The number of amides is 2. The normalized spacial score (nSPS) is 16.9. The van der Waals surface area contributed by atoms with Gasteiger partial charge in [0.1, 0.15) is 17.4 Å². The molecule has 2 aromatic carbocycles. The molecular weight excluding hydrogens is 366 g/mol. The maximum atomic E-state index is 13.4. The number of fused-ring (bicyclic) bond motifs is 1. The van der Waals surface area contributed by atoms with Crippen molar-refractivity contribution in [3.63, 3.8) is 0 Å². The van der Waals surface area contributed by atoms with Gasteiger partial charge in [0, 0.05) is 24.7 Å². The molecule has 0 spiro atoms. The van der Waals surface area contributed by atoms with Crippen LogP contribution in [-0.2, 0) is 11.2 Å². The van der Waals surface area contributed by atoms with Crippen molar-refractivity contribution in [2.45, 2.75) is 19.3 Å². The maximum absolute atomic E-state index is 13.4. The molecule has 28 heavy (non-hydrogen) atoms. The number of nitrogens with zero attached hydrogens (tertiary/aromatic N) is 1. The van der Waals surface area contributed by atoms with Gasteiger partial charge >= 0.3 is 0 Å².